The summed E-state index contributed by atoms with van der Waals surface area (Å²) in [6.07, 6.45) is -0.503. The van der Waals surface area contributed by atoms with Gasteiger partial charge < -0.3 is 14.6 Å². The van der Waals surface area contributed by atoms with Gasteiger partial charge in [-0.3, -0.25) is 4.79 Å². The fourth-order valence-electron chi connectivity index (χ4n) is 3.17. The van der Waals surface area contributed by atoms with Gasteiger partial charge in [0.25, 0.3) is 0 Å². The SMILES string of the molecule is Cc1ccc(NC(=O)CSc2nnc(C(C)Oc3ccccc3F)n2CC(C)C)cc1C. The van der Waals surface area contributed by atoms with E-state index >= 15 is 0 Å². The van der Waals surface area contributed by atoms with E-state index in [4.69, 9.17) is 4.74 Å². The quantitative estimate of drug-likeness (QED) is 0.427. The van der Waals surface area contributed by atoms with Crippen molar-refractivity contribution in [1.29, 1.82) is 0 Å². The Labute approximate surface area is 192 Å². The van der Waals surface area contributed by atoms with Crippen molar-refractivity contribution < 1.29 is 13.9 Å². The highest BCUT2D eigenvalue weighted by Crippen LogP contribution is 2.27. The molecule has 1 unspecified atom stereocenters. The first-order valence-electron chi connectivity index (χ1n) is 10.6. The number of nitrogens with zero attached hydrogens (tertiary/aromatic N) is 3. The molecule has 8 heteroatoms. The molecule has 0 aliphatic carbocycles. The first-order chi connectivity index (χ1) is 15.2. The third-order valence-electron chi connectivity index (χ3n) is 4.92. The van der Waals surface area contributed by atoms with Gasteiger partial charge in [0.1, 0.15) is 0 Å². The standard InChI is InChI=1S/C24H29FN4O2S/c1-15(2)13-29-23(18(5)31-21-9-7-6-8-20(21)25)27-28-24(29)32-14-22(30)26-19-11-10-16(3)17(4)12-19/h6-12,15,18H,13-14H2,1-5H3,(H,26,30). The van der Waals surface area contributed by atoms with Crippen LogP contribution in [0.25, 0.3) is 0 Å². The highest BCUT2D eigenvalue weighted by Gasteiger charge is 2.22. The number of ether oxygens (including phenoxy) is 1. The van der Waals surface area contributed by atoms with Crippen molar-refractivity contribution in [3.8, 4) is 5.75 Å². The lowest BCUT2D eigenvalue weighted by Crippen LogP contribution is -2.17. The maximum absolute atomic E-state index is 14.0. The summed E-state index contributed by atoms with van der Waals surface area (Å²) in [6.45, 7) is 10.7. The third kappa shape index (κ3) is 6.09. The van der Waals surface area contributed by atoms with Gasteiger partial charge in [0, 0.05) is 12.2 Å². The van der Waals surface area contributed by atoms with Crippen LogP contribution in [0.4, 0.5) is 10.1 Å². The first-order valence-corrected chi connectivity index (χ1v) is 11.6. The van der Waals surface area contributed by atoms with E-state index in [1.54, 1.807) is 18.2 Å². The van der Waals surface area contributed by atoms with Crippen molar-refractivity contribution >= 4 is 23.4 Å². The number of thioether (sulfide) groups is 1. The smallest absolute Gasteiger partial charge is 0.234 e. The topological polar surface area (TPSA) is 69.0 Å². The monoisotopic (exact) mass is 456 g/mol. The van der Waals surface area contributed by atoms with E-state index in [2.05, 4.69) is 29.4 Å². The van der Waals surface area contributed by atoms with Gasteiger partial charge in [0.15, 0.2) is 28.7 Å². The summed E-state index contributed by atoms with van der Waals surface area (Å²) in [5, 5.41) is 12.1. The number of nitrogens with one attached hydrogen (secondary N) is 1. The number of carbonyl (C=O) groups excluding carboxylic acids is 1. The van der Waals surface area contributed by atoms with Crippen molar-refractivity contribution in [3.05, 3.63) is 65.2 Å². The van der Waals surface area contributed by atoms with Gasteiger partial charge in [-0.05, 0) is 62.1 Å². The molecule has 1 atom stereocenters. The molecular weight excluding hydrogens is 427 g/mol. The number of halogens is 1. The summed E-state index contributed by atoms with van der Waals surface area (Å²) in [4.78, 5) is 12.5. The lowest BCUT2D eigenvalue weighted by Gasteiger charge is -2.18. The predicted octanol–water partition coefficient (Wildman–Crippen LogP) is 5.56. The number of benzene rings is 2. The molecule has 0 saturated heterocycles. The van der Waals surface area contributed by atoms with Crippen molar-refractivity contribution in [1.82, 2.24) is 14.8 Å². The van der Waals surface area contributed by atoms with Crippen LogP contribution < -0.4 is 10.1 Å². The minimum atomic E-state index is -0.503. The van der Waals surface area contributed by atoms with Gasteiger partial charge in [0.05, 0.1) is 5.75 Å². The molecule has 0 bridgehead atoms. The van der Waals surface area contributed by atoms with Gasteiger partial charge in [0.2, 0.25) is 5.91 Å². The molecule has 2 aromatic carbocycles. The zero-order valence-electron chi connectivity index (χ0n) is 19.1. The molecule has 3 aromatic rings. The van der Waals surface area contributed by atoms with Crippen molar-refractivity contribution in [2.75, 3.05) is 11.1 Å². The number of anilines is 1. The summed E-state index contributed by atoms with van der Waals surface area (Å²) < 4.78 is 21.8. The Balaban J connectivity index is 1.70. The Morgan fingerprint density at radius 3 is 2.56 bits per heavy atom. The summed E-state index contributed by atoms with van der Waals surface area (Å²) in [5.74, 6) is 0.752. The lowest BCUT2D eigenvalue weighted by molar-refractivity contribution is -0.113. The summed E-state index contributed by atoms with van der Waals surface area (Å²) in [7, 11) is 0. The van der Waals surface area contributed by atoms with Gasteiger partial charge in [-0.15, -0.1) is 10.2 Å². The Hall–Kier alpha value is -2.87. The van der Waals surface area contributed by atoms with Crippen LogP contribution in [-0.2, 0) is 11.3 Å². The van der Waals surface area contributed by atoms with Gasteiger partial charge in [-0.1, -0.05) is 43.8 Å². The third-order valence-corrected chi connectivity index (χ3v) is 5.89. The number of hydrogen-bond donors (Lipinski definition) is 1. The van der Waals surface area contributed by atoms with Crippen molar-refractivity contribution in [3.63, 3.8) is 0 Å². The average Bonchev–Trinajstić information content (AvgIpc) is 3.13. The molecular formula is C24H29FN4O2S. The van der Waals surface area contributed by atoms with E-state index in [-0.39, 0.29) is 17.4 Å². The van der Waals surface area contributed by atoms with Gasteiger partial charge in [-0.2, -0.15) is 0 Å². The molecule has 0 spiro atoms. The van der Waals surface area contributed by atoms with E-state index in [1.807, 2.05) is 43.5 Å². The second-order valence-corrected chi connectivity index (χ2v) is 9.11. The fourth-order valence-corrected chi connectivity index (χ4v) is 3.93. The van der Waals surface area contributed by atoms with Crippen LogP contribution in [-0.4, -0.2) is 26.4 Å². The second kappa shape index (κ2) is 10.6. The zero-order chi connectivity index (χ0) is 23.3. The number of aryl methyl sites for hydroxylation is 2. The fraction of sp³-hybridized carbons (Fsp3) is 0.375. The molecule has 32 heavy (non-hydrogen) atoms. The molecule has 0 aliphatic heterocycles. The maximum atomic E-state index is 14.0. The first kappa shape index (κ1) is 23.8. The number of amides is 1. The Kier molecular flexibility index (Phi) is 7.90. The number of para-hydroxylation sites is 1. The summed E-state index contributed by atoms with van der Waals surface area (Å²) in [5.41, 5.74) is 3.08. The minimum Gasteiger partial charge on any atom is -0.480 e. The summed E-state index contributed by atoms with van der Waals surface area (Å²) >= 11 is 1.32. The van der Waals surface area contributed by atoms with Crippen LogP contribution >= 0.6 is 11.8 Å². The largest absolute Gasteiger partial charge is 0.480 e. The van der Waals surface area contributed by atoms with Crippen LogP contribution in [0.2, 0.25) is 0 Å². The van der Waals surface area contributed by atoms with E-state index in [1.165, 1.54) is 23.4 Å². The van der Waals surface area contributed by atoms with Crippen LogP contribution in [0.1, 0.15) is 43.8 Å². The van der Waals surface area contributed by atoms with E-state index in [0.717, 1.165) is 11.3 Å². The molecule has 1 aromatic heterocycles. The minimum absolute atomic E-state index is 0.116. The Morgan fingerprint density at radius 2 is 1.88 bits per heavy atom. The maximum Gasteiger partial charge on any atom is 0.234 e. The molecule has 1 N–H and O–H groups in total. The molecule has 0 aliphatic rings. The molecule has 170 valence electrons. The highest BCUT2D eigenvalue weighted by molar-refractivity contribution is 7.99. The Morgan fingerprint density at radius 1 is 1.12 bits per heavy atom. The van der Waals surface area contributed by atoms with Crippen molar-refractivity contribution in [2.24, 2.45) is 5.92 Å². The molecule has 1 heterocycles. The molecule has 3 rings (SSSR count). The predicted molar refractivity (Wildman–Crippen MR) is 126 cm³/mol. The number of aromatic nitrogens is 3. The van der Waals surface area contributed by atoms with E-state index < -0.39 is 11.9 Å². The average molecular weight is 457 g/mol. The zero-order valence-corrected chi connectivity index (χ0v) is 19.9. The molecule has 0 radical (unpaired) electrons. The number of rotatable bonds is 9. The molecule has 0 saturated carbocycles. The Bertz CT molecular complexity index is 1080. The van der Waals surface area contributed by atoms with E-state index in [0.29, 0.717) is 23.4 Å². The van der Waals surface area contributed by atoms with E-state index in [9.17, 15) is 9.18 Å². The number of hydrogen-bond acceptors (Lipinski definition) is 5. The van der Waals surface area contributed by atoms with Crippen LogP contribution in [0.3, 0.4) is 0 Å². The van der Waals surface area contributed by atoms with Crippen LogP contribution in [0.15, 0.2) is 47.6 Å². The lowest BCUT2D eigenvalue weighted by atomic mass is 10.1. The van der Waals surface area contributed by atoms with Crippen LogP contribution in [0, 0.1) is 25.6 Å². The van der Waals surface area contributed by atoms with Gasteiger partial charge >= 0.3 is 0 Å². The molecule has 1 amide bonds. The van der Waals surface area contributed by atoms with Gasteiger partial charge in [-0.25, -0.2) is 4.39 Å². The summed E-state index contributed by atoms with van der Waals surface area (Å²) in [6, 6.07) is 12.1. The number of carbonyl (C=O) groups is 1. The molecule has 0 fully saturated rings. The van der Waals surface area contributed by atoms with Crippen molar-refractivity contribution in [2.45, 2.75) is 52.4 Å². The highest BCUT2D eigenvalue weighted by atomic mass is 32.2. The normalized spacial score (nSPS) is 12.1. The second-order valence-electron chi connectivity index (χ2n) is 8.17. The van der Waals surface area contributed by atoms with Crippen LogP contribution in [0.5, 0.6) is 5.75 Å². The molecule has 6 nitrogen and oxygen atoms in total.